The fraction of sp³-hybridized carbons (Fsp3) is 0.520. The highest BCUT2D eigenvalue weighted by molar-refractivity contribution is 6.31. The first kappa shape index (κ1) is 21.7. The van der Waals surface area contributed by atoms with Crippen LogP contribution in [0.1, 0.15) is 37.7 Å². The number of benzene rings is 1. The molecule has 2 aliphatic heterocycles. The van der Waals surface area contributed by atoms with E-state index in [1.807, 2.05) is 24.3 Å². The van der Waals surface area contributed by atoms with Crippen LogP contribution in [0.15, 0.2) is 36.7 Å². The number of fused-ring (bicyclic) bond motifs is 1. The molecule has 1 N–H and O–H groups in total. The highest BCUT2D eigenvalue weighted by Gasteiger charge is 2.45. The van der Waals surface area contributed by atoms with Gasteiger partial charge < -0.3 is 14.8 Å². The van der Waals surface area contributed by atoms with Crippen molar-refractivity contribution in [3.63, 3.8) is 0 Å². The van der Waals surface area contributed by atoms with Crippen molar-refractivity contribution in [2.45, 2.75) is 50.2 Å². The van der Waals surface area contributed by atoms with E-state index in [9.17, 15) is 4.79 Å². The number of carbonyl (C=O) groups is 1. The van der Waals surface area contributed by atoms with Crippen molar-refractivity contribution in [1.29, 1.82) is 0 Å². The first-order chi connectivity index (χ1) is 15.7. The normalized spacial score (nSPS) is 22.7. The number of amides is 1. The molecule has 0 unspecified atom stereocenters. The van der Waals surface area contributed by atoms with Crippen molar-refractivity contribution in [2.24, 2.45) is 0 Å². The zero-order chi connectivity index (χ0) is 22.0. The minimum absolute atomic E-state index is 0.0988. The third-order valence-electron chi connectivity index (χ3n) is 7.06. The van der Waals surface area contributed by atoms with Crippen LogP contribution in [0.4, 0.5) is 0 Å². The fourth-order valence-electron chi connectivity index (χ4n) is 5.44. The second kappa shape index (κ2) is 9.38. The second-order valence-corrected chi connectivity index (χ2v) is 9.46. The Morgan fingerprint density at radius 3 is 2.66 bits per heavy atom. The van der Waals surface area contributed by atoms with Gasteiger partial charge in [-0.3, -0.25) is 14.7 Å². The Bertz CT molecular complexity index is 956. The van der Waals surface area contributed by atoms with Gasteiger partial charge in [-0.2, -0.15) is 0 Å². The smallest absolute Gasteiger partial charge is 0.240 e. The van der Waals surface area contributed by atoms with E-state index in [1.54, 1.807) is 12.4 Å². The largest absolute Gasteiger partial charge is 0.487 e. The number of ether oxygens (including phenoxy) is 2. The third-order valence-corrected chi connectivity index (χ3v) is 7.28. The Hall–Kier alpha value is -2.15. The summed E-state index contributed by atoms with van der Waals surface area (Å²) in [6.07, 6.45) is 9.43. The second-order valence-electron chi connectivity index (χ2n) is 9.02. The molecule has 0 bridgehead atoms. The van der Waals surface area contributed by atoms with Crippen LogP contribution in [0, 0.1) is 0 Å². The molecular formula is C25H30ClN3O3. The lowest BCUT2D eigenvalue weighted by Gasteiger charge is -2.46. The first-order valence-electron chi connectivity index (χ1n) is 11.7. The number of aromatic nitrogens is 1. The van der Waals surface area contributed by atoms with Crippen LogP contribution in [0.3, 0.4) is 0 Å². The average molecular weight is 456 g/mol. The summed E-state index contributed by atoms with van der Waals surface area (Å²) in [6.45, 7) is 3.55. The summed E-state index contributed by atoms with van der Waals surface area (Å²) in [5.41, 5.74) is 2.68. The van der Waals surface area contributed by atoms with Crippen LogP contribution >= 0.6 is 11.6 Å². The summed E-state index contributed by atoms with van der Waals surface area (Å²) in [4.78, 5) is 20.0. The van der Waals surface area contributed by atoms with Gasteiger partial charge in [0.2, 0.25) is 5.91 Å². The maximum atomic E-state index is 13.5. The molecule has 3 aliphatic rings. The van der Waals surface area contributed by atoms with Crippen LogP contribution in [-0.4, -0.2) is 60.3 Å². The quantitative estimate of drug-likeness (QED) is 0.741. The monoisotopic (exact) mass is 455 g/mol. The van der Waals surface area contributed by atoms with Gasteiger partial charge in [0.25, 0.3) is 0 Å². The molecule has 1 aromatic heterocycles. The molecule has 1 aromatic carbocycles. The number of nitrogens with one attached hydrogen (secondary N) is 1. The molecule has 2 fully saturated rings. The molecule has 7 heteroatoms. The van der Waals surface area contributed by atoms with Gasteiger partial charge in [0.1, 0.15) is 17.4 Å². The Labute approximate surface area is 194 Å². The van der Waals surface area contributed by atoms with Gasteiger partial charge in [0.15, 0.2) is 0 Å². The Morgan fingerprint density at radius 2 is 1.91 bits per heavy atom. The van der Waals surface area contributed by atoms with Gasteiger partial charge in [0.05, 0.1) is 19.8 Å². The summed E-state index contributed by atoms with van der Waals surface area (Å²) in [6, 6.07) is 7.82. The summed E-state index contributed by atoms with van der Waals surface area (Å²) >= 11 is 6.40. The van der Waals surface area contributed by atoms with Crippen molar-refractivity contribution in [2.75, 3.05) is 32.8 Å². The number of halogens is 1. The number of hydrogen-bond acceptors (Lipinski definition) is 5. The number of nitrogens with zero attached hydrogens (tertiary/aromatic N) is 2. The predicted octanol–water partition coefficient (Wildman–Crippen LogP) is 3.86. The molecule has 1 saturated heterocycles. The van der Waals surface area contributed by atoms with E-state index in [-0.39, 0.29) is 12.0 Å². The lowest BCUT2D eigenvalue weighted by Crippen LogP contribution is -2.62. The molecule has 3 heterocycles. The van der Waals surface area contributed by atoms with E-state index in [0.29, 0.717) is 24.8 Å². The molecule has 1 amide bonds. The summed E-state index contributed by atoms with van der Waals surface area (Å²) < 4.78 is 11.9. The highest BCUT2D eigenvalue weighted by atomic mass is 35.5. The Balaban J connectivity index is 1.29. The molecule has 2 aromatic rings. The van der Waals surface area contributed by atoms with Crippen LogP contribution in [0.2, 0.25) is 5.02 Å². The maximum absolute atomic E-state index is 13.5. The predicted molar refractivity (Wildman–Crippen MR) is 124 cm³/mol. The zero-order valence-electron chi connectivity index (χ0n) is 18.3. The molecule has 0 radical (unpaired) electrons. The average Bonchev–Trinajstić information content (AvgIpc) is 3.26. The summed E-state index contributed by atoms with van der Waals surface area (Å²) in [5, 5.41) is 3.94. The van der Waals surface area contributed by atoms with Crippen LogP contribution < -0.4 is 10.1 Å². The topological polar surface area (TPSA) is 63.7 Å². The molecule has 1 saturated carbocycles. The van der Waals surface area contributed by atoms with E-state index < -0.39 is 5.54 Å². The molecule has 6 nitrogen and oxygen atoms in total. The van der Waals surface area contributed by atoms with E-state index in [4.69, 9.17) is 21.1 Å². The molecule has 0 spiro atoms. The standard InChI is InChI=1S/C25H30ClN3O3/c26-20-14-19-15-21(32-23(19)22(16-20)18-4-8-27-9-5-18)17-28-24(30)25(6-2-1-3-7-25)29-10-12-31-13-11-29/h4-5,8-9,14,16,21H,1-3,6-7,10-13,15,17H2,(H,28,30)/t21-/m0/s1. The SMILES string of the molecule is O=C(NC[C@@H]1Cc2cc(Cl)cc(-c3ccncc3)c2O1)C1(N2CCOCC2)CCCCC1. The number of morpholine rings is 1. The van der Waals surface area contributed by atoms with E-state index in [0.717, 1.165) is 67.6 Å². The molecule has 32 heavy (non-hydrogen) atoms. The van der Waals surface area contributed by atoms with Crippen molar-refractivity contribution in [1.82, 2.24) is 15.2 Å². The van der Waals surface area contributed by atoms with Crippen molar-refractivity contribution < 1.29 is 14.3 Å². The zero-order valence-corrected chi connectivity index (χ0v) is 19.1. The number of hydrogen-bond donors (Lipinski definition) is 1. The summed E-state index contributed by atoms with van der Waals surface area (Å²) in [7, 11) is 0. The van der Waals surface area contributed by atoms with Gasteiger partial charge in [-0.25, -0.2) is 0 Å². The Morgan fingerprint density at radius 1 is 1.16 bits per heavy atom. The minimum atomic E-state index is -0.404. The minimum Gasteiger partial charge on any atom is -0.487 e. The van der Waals surface area contributed by atoms with Gasteiger partial charge in [0, 0.05) is 48.1 Å². The Kier molecular flexibility index (Phi) is 6.35. The molecule has 170 valence electrons. The third kappa shape index (κ3) is 4.24. The first-order valence-corrected chi connectivity index (χ1v) is 12.0. The van der Waals surface area contributed by atoms with E-state index in [1.165, 1.54) is 6.42 Å². The molecular weight excluding hydrogens is 426 g/mol. The van der Waals surface area contributed by atoms with E-state index in [2.05, 4.69) is 15.2 Å². The molecule has 1 atom stereocenters. The van der Waals surface area contributed by atoms with Crippen molar-refractivity contribution in [3.8, 4) is 16.9 Å². The van der Waals surface area contributed by atoms with Gasteiger partial charge in [-0.1, -0.05) is 30.9 Å². The van der Waals surface area contributed by atoms with Crippen LogP contribution in [0.5, 0.6) is 5.75 Å². The maximum Gasteiger partial charge on any atom is 0.240 e. The van der Waals surface area contributed by atoms with Gasteiger partial charge in [-0.05, 0) is 42.7 Å². The molecule has 5 rings (SSSR count). The van der Waals surface area contributed by atoms with Crippen LogP contribution in [0.25, 0.3) is 11.1 Å². The van der Waals surface area contributed by atoms with E-state index >= 15 is 0 Å². The number of rotatable bonds is 5. The van der Waals surface area contributed by atoms with Crippen molar-refractivity contribution in [3.05, 3.63) is 47.2 Å². The molecule has 1 aliphatic carbocycles. The summed E-state index contributed by atoms with van der Waals surface area (Å²) in [5.74, 6) is 1.01. The van der Waals surface area contributed by atoms with Gasteiger partial charge in [-0.15, -0.1) is 0 Å². The fourth-order valence-corrected chi connectivity index (χ4v) is 5.68. The number of pyridine rings is 1. The lowest BCUT2D eigenvalue weighted by molar-refractivity contribution is -0.140. The van der Waals surface area contributed by atoms with Gasteiger partial charge >= 0.3 is 0 Å². The number of carbonyl (C=O) groups excluding carboxylic acids is 1. The van der Waals surface area contributed by atoms with Crippen LogP contribution in [-0.2, 0) is 16.0 Å². The highest BCUT2D eigenvalue weighted by Crippen LogP contribution is 2.41. The lowest BCUT2D eigenvalue weighted by atomic mass is 9.79. The van der Waals surface area contributed by atoms with Crippen molar-refractivity contribution >= 4 is 17.5 Å².